The minimum atomic E-state index is 0.616. The Morgan fingerprint density at radius 2 is 1.31 bits per heavy atom. The highest BCUT2D eigenvalue weighted by Gasteiger charge is 2.20. The summed E-state index contributed by atoms with van der Waals surface area (Å²) in [5, 5.41) is 4.29. The van der Waals surface area contributed by atoms with Crippen LogP contribution in [0.2, 0.25) is 0 Å². The van der Waals surface area contributed by atoms with Gasteiger partial charge in [0.2, 0.25) is 5.89 Å². The van der Waals surface area contributed by atoms with Crippen molar-refractivity contribution in [3.8, 4) is 11.5 Å². The van der Waals surface area contributed by atoms with Gasteiger partial charge < -0.3 is 13.7 Å². The molecule has 8 aromatic rings. The fourth-order valence-electron chi connectivity index (χ4n) is 5.48. The van der Waals surface area contributed by atoms with Crippen LogP contribution in [-0.4, -0.2) is 4.98 Å². The predicted molar refractivity (Wildman–Crippen MR) is 159 cm³/mol. The van der Waals surface area contributed by atoms with Crippen LogP contribution in [0, 0.1) is 0 Å². The number of hydrogen-bond donors (Lipinski definition) is 0. The fourth-order valence-corrected chi connectivity index (χ4v) is 5.48. The van der Waals surface area contributed by atoms with Gasteiger partial charge in [0.25, 0.3) is 0 Å². The van der Waals surface area contributed by atoms with E-state index in [0.717, 1.165) is 66.4 Å². The van der Waals surface area contributed by atoms with Crippen LogP contribution in [0.15, 0.2) is 142 Å². The molecule has 8 rings (SSSR count). The first-order valence-corrected chi connectivity index (χ1v) is 13.0. The normalized spacial score (nSPS) is 11.6. The van der Waals surface area contributed by atoms with Gasteiger partial charge in [-0.1, -0.05) is 72.8 Å². The van der Waals surface area contributed by atoms with Crippen LogP contribution in [0.25, 0.3) is 55.3 Å². The zero-order chi connectivity index (χ0) is 25.8. The molecule has 0 radical (unpaired) electrons. The monoisotopic (exact) mass is 502 g/mol. The second-order valence-electron chi connectivity index (χ2n) is 9.62. The van der Waals surface area contributed by atoms with Crippen molar-refractivity contribution in [2.24, 2.45) is 0 Å². The quantitative estimate of drug-likeness (QED) is 0.240. The van der Waals surface area contributed by atoms with Gasteiger partial charge >= 0.3 is 0 Å². The van der Waals surface area contributed by atoms with E-state index in [9.17, 15) is 0 Å². The van der Waals surface area contributed by atoms with Gasteiger partial charge in [-0.3, -0.25) is 0 Å². The van der Waals surface area contributed by atoms with Gasteiger partial charge in [-0.25, -0.2) is 4.98 Å². The van der Waals surface area contributed by atoms with Crippen LogP contribution >= 0.6 is 0 Å². The van der Waals surface area contributed by atoms with E-state index in [2.05, 4.69) is 83.8 Å². The van der Waals surface area contributed by atoms with Crippen molar-refractivity contribution in [2.75, 3.05) is 4.90 Å². The Labute approximate surface area is 224 Å². The first-order chi connectivity index (χ1) is 19.3. The van der Waals surface area contributed by atoms with Crippen LogP contribution < -0.4 is 4.90 Å². The molecular weight excluding hydrogens is 480 g/mol. The molecule has 2 heterocycles. The second-order valence-corrected chi connectivity index (χ2v) is 9.62. The summed E-state index contributed by atoms with van der Waals surface area (Å²) < 4.78 is 12.6. The zero-order valence-electron chi connectivity index (χ0n) is 20.9. The number of nitrogens with zero attached hydrogens (tertiary/aromatic N) is 2. The third-order valence-corrected chi connectivity index (χ3v) is 7.27. The summed E-state index contributed by atoms with van der Waals surface area (Å²) in [5.41, 5.74) is 7.43. The van der Waals surface area contributed by atoms with Gasteiger partial charge in [0.1, 0.15) is 16.7 Å². The topological polar surface area (TPSA) is 42.4 Å². The molecule has 0 aliphatic heterocycles. The highest BCUT2D eigenvalue weighted by Crippen LogP contribution is 2.43. The number of furan rings is 1. The van der Waals surface area contributed by atoms with E-state index < -0.39 is 0 Å². The number of rotatable bonds is 4. The van der Waals surface area contributed by atoms with Crippen molar-refractivity contribution >= 4 is 60.9 Å². The lowest BCUT2D eigenvalue weighted by Crippen LogP contribution is -2.10. The standard InChI is InChI=1S/C35H22N2O2/c1-3-10-24(11-4-1)35-36-29-20-18-23-12-9-16-30(33(23)34(29)39-35)37(25-13-5-2-6-14-25)26-19-21-32-28(22-26)27-15-7-8-17-31(27)38-32/h1-22H. The number of aromatic nitrogens is 1. The molecule has 0 saturated carbocycles. The molecular formula is C35H22N2O2. The maximum Gasteiger partial charge on any atom is 0.227 e. The van der Waals surface area contributed by atoms with Crippen LogP contribution in [0.3, 0.4) is 0 Å². The highest BCUT2D eigenvalue weighted by atomic mass is 16.3. The van der Waals surface area contributed by atoms with Crippen LogP contribution in [0.1, 0.15) is 0 Å². The average molecular weight is 503 g/mol. The molecule has 39 heavy (non-hydrogen) atoms. The maximum absolute atomic E-state index is 6.49. The third-order valence-electron chi connectivity index (χ3n) is 7.27. The largest absolute Gasteiger partial charge is 0.456 e. The van der Waals surface area contributed by atoms with Crippen LogP contribution in [0.5, 0.6) is 0 Å². The average Bonchev–Trinajstić information content (AvgIpc) is 3.60. The Bertz CT molecular complexity index is 2130. The number of oxazole rings is 1. The molecule has 0 bridgehead atoms. The summed E-state index contributed by atoms with van der Waals surface area (Å²) in [5.74, 6) is 0.616. The molecule has 0 saturated heterocycles. The van der Waals surface area contributed by atoms with Crippen molar-refractivity contribution in [1.29, 1.82) is 0 Å². The van der Waals surface area contributed by atoms with Crippen molar-refractivity contribution in [3.05, 3.63) is 133 Å². The van der Waals surface area contributed by atoms with Crippen molar-refractivity contribution < 1.29 is 8.83 Å². The maximum atomic E-state index is 6.49. The molecule has 0 spiro atoms. The Hall–Kier alpha value is -5.35. The lowest BCUT2D eigenvalue weighted by Gasteiger charge is -2.26. The first kappa shape index (κ1) is 21.7. The van der Waals surface area contributed by atoms with E-state index in [1.807, 2.05) is 54.6 Å². The van der Waals surface area contributed by atoms with Crippen molar-refractivity contribution in [3.63, 3.8) is 0 Å². The molecule has 6 aromatic carbocycles. The molecule has 0 unspecified atom stereocenters. The number of benzene rings is 6. The van der Waals surface area contributed by atoms with Gasteiger partial charge in [0.05, 0.1) is 11.1 Å². The SMILES string of the molecule is c1ccc(-c2nc3ccc4cccc(N(c5ccccc5)c5ccc6oc7ccccc7c6c5)c4c3o2)cc1. The Morgan fingerprint density at radius 3 is 2.18 bits per heavy atom. The van der Waals surface area contributed by atoms with E-state index in [1.165, 1.54) is 0 Å². The van der Waals surface area contributed by atoms with Gasteiger partial charge in [-0.05, 0) is 66.0 Å². The number of hydrogen-bond acceptors (Lipinski definition) is 4. The molecule has 184 valence electrons. The molecule has 0 N–H and O–H groups in total. The molecule has 0 aliphatic rings. The summed E-state index contributed by atoms with van der Waals surface area (Å²) >= 11 is 0. The molecule has 0 atom stereocenters. The molecule has 4 nitrogen and oxygen atoms in total. The fraction of sp³-hybridized carbons (Fsp3) is 0. The third kappa shape index (κ3) is 3.50. The van der Waals surface area contributed by atoms with E-state index in [0.29, 0.717) is 5.89 Å². The summed E-state index contributed by atoms with van der Waals surface area (Å²) in [7, 11) is 0. The van der Waals surface area contributed by atoms with E-state index in [1.54, 1.807) is 0 Å². The Kier molecular flexibility index (Phi) is 4.79. The minimum absolute atomic E-state index is 0.616. The van der Waals surface area contributed by atoms with Crippen molar-refractivity contribution in [1.82, 2.24) is 4.98 Å². The number of para-hydroxylation sites is 2. The first-order valence-electron chi connectivity index (χ1n) is 13.0. The molecule has 2 aromatic heterocycles. The molecule has 0 fully saturated rings. The van der Waals surface area contributed by atoms with Gasteiger partial charge in [-0.2, -0.15) is 0 Å². The molecule has 0 amide bonds. The number of anilines is 3. The molecule has 0 aliphatic carbocycles. The highest BCUT2D eigenvalue weighted by molar-refractivity contribution is 6.13. The van der Waals surface area contributed by atoms with Gasteiger partial charge in [0, 0.05) is 27.7 Å². The van der Waals surface area contributed by atoms with Crippen molar-refractivity contribution in [2.45, 2.75) is 0 Å². The zero-order valence-corrected chi connectivity index (χ0v) is 20.9. The van der Waals surface area contributed by atoms with E-state index in [-0.39, 0.29) is 0 Å². The molecule has 4 heteroatoms. The summed E-state index contributed by atoms with van der Waals surface area (Å²) in [6, 6.07) is 45.6. The van der Waals surface area contributed by atoms with Gasteiger partial charge in [-0.15, -0.1) is 0 Å². The van der Waals surface area contributed by atoms with Crippen LogP contribution in [0.4, 0.5) is 17.1 Å². The lowest BCUT2D eigenvalue weighted by atomic mass is 10.0. The Balaban J connectivity index is 1.41. The summed E-state index contributed by atoms with van der Waals surface area (Å²) in [6.07, 6.45) is 0. The summed E-state index contributed by atoms with van der Waals surface area (Å²) in [6.45, 7) is 0. The Morgan fingerprint density at radius 1 is 0.538 bits per heavy atom. The van der Waals surface area contributed by atoms with E-state index in [4.69, 9.17) is 13.8 Å². The smallest absolute Gasteiger partial charge is 0.227 e. The predicted octanol–water partition coefficient (Wildman–Crippen LogP) is 10.0. The van der Waals surface area contributed by atoms with Gasteiger partial charge in [0.15, 0.2) is 5.58 Å². The minimum Gasteiger partial charge on any atom is -0.456 e. The number of fused-ring (bicyclic) bond motifs is 6. The van der Waals surface area contributed by atoms with E-state index >= 15 is 0 Å². The van der Waals surface area contributed by atoms with Crippen LogP contribution in [-0.2, 0) is 0 Å². The lowest BCUT2D eigenvalue weighted by molar-refractivity contribution is 0.623. The summed E-state index contributed by atoms with van der Waals surface area (Å²) in [4.78, 5) is 7.13. The second kappa shape index (κ2) is 8.61.